The molecule has 1 aromatic rings. The maximum atomic E-state index is 11.6. The van der Waals surface area contributed by atoms with Crippen LogP contribution < -0.4 is 4.72 Å². The zero-order valence-electron chi connectivity index (χ0n) is 9.62. The number of hydrogen-bond donors (Lipinski definition) is 2. The third-order valence-electron chi connectivity index (χ3n) is 1.76. The van der Waals surface area contributed by atoms with Gasteiger partial charge in [-0.1, -0.05) is 13.8 Å². The number of carboxylic acids is 1. The highest BCUT2D eigenvalue weighted by Crippen LogP contribution is 2.09. The number of aliphatic carboxylic acids is 1. The molecule has 1 heterocycles. The Kier molecular flexibility index (Phi) is 4.11. The summed E-state index contributed by atoms with van der Waals surface area (Å²) in [5, 5.41) is 12.3. The number of aromatic nitrogens is 2. The lowest BCUT2D eigenvalue weighted by Gasteiger charge is -2.07. The molecule has 0 aliphatic rings. The number of sulfonamides is 1. The predicted molar refractivity (Wildman–Crippen MR) is 62.1 cm³/mol. The van der Waals surface area contributed by atoms with Gasteiger partial charge in [0.1, 0.15) is 6.54 Å². The number of anilines is 1. The van der Waals surface area contributed by atoms with Gasteiger partial charge < -0.3 is 5.11 Å². The molecule has 0 fully saturated rings. The molecule has 0 saturated carbocycles. The first-order valence-corrected chi connectivity index (χ1v) is 6.68. The van der Waals surface area contributed by atoms with Crippen molar-refractivity contribution in [2.75, 3.05) is 10.5 Å². The molecular formula is C9H15N3O4S. The van der Waals surface area contributed by atoms with Crippen LogP contribution in [-0.4, -0.2) is 35.0 Å². The van der Waals surface area contributed by atoms with Crippen LogP contribution in [0.15, 0.2) is 12.4 Å². The Balaban J connectivity index is 2.69. The summed E-state index contributed by atoms with van der Waals surface area (Å²) in [6.45, 7) is 3.30. The Morgan fingerprint density at radius 3 is 2.76 bits per heavy atom. The van der Waals surface area contributed by atoms with Crippen LogP contribution in [0.4, 0.5) is 5.69 Å². The Hall–Kier alpha value is -1.57. The van der Waals surface area contributed by atoms with Crippen LogP contribution >= 0.6 is 0 Å². The van der Waals surface area contributed by atoms with E-state index >= 15 is 0 Å². The number of carboxylic acid groups (broad SMARTS) is 1. The SMILES string of the molecule is CC(C)CS(=O)(=O)Nc1cnn(CC(=O)O)c1. The average Bonchev–Trinajstić information content (AvgIpc) is 2.46. The molecular weight excluding hydrogens is 246 g/mol. The fourth-order valence-electron chi connectivity index (χ4n) is 1.30. The first-order chi connectivity index (χ1) is 7.78. The van der Waals surface area contributed by atoms with Crippen molar-refractivity contribution in [1.82, 2.24) is 9.78 Å². The first kappa shape index (κ1) is 13.5. The second-order valence-electron chi connectivity index (χ2n) is 4.10. The van der Waals surface area contributed by atoms with E-state index in [1.807, 2.05) is 0 Å². The van der Waals surface area contributed by atoms with Crippen LogP contribution in [0, 0.1) is 5.92 Å². The highest BCUT2D eigenvalue weighted by atomic mass is 32.2. The van der Waals surface area contributed by atoms with Gasteiger partial charge in [0.05, 0.1) is 17.6 Å². The molecule has 96 valence electrons. The zero-order chi connectivity index (χ0) is 13.1. The van der Waals surface area contributed by atoms with Gasteiger partial charge in [-0.25, -0.2) is 8.42 Å². The van der Waals surface area contributed by atoms with Crippen molar-refractivity contribution < 1.29 is 18.3 Å². The van der Waals surface area contributed by atoms with Crippen LogP contribution in [0.1, 0.15) is 13.8 Å². The van der Waals surface area contributed by atoms with Crippen LogP contribution in [0.2, 0.25) is 0 Å². The van der Waals surface area contributed by atoms with Crippen molar-refractivity contribution in [3.63, 3.8) is 0 Å². The van der Waals surface area contributed by atoms with E-state index in [9.17, 15) is 13.2 Å². The molecule has 0 aliphatic heterocycles. The lowest BCUT2D eigenvalue weighted by molar-refractivity contribution is -0.137. The van der Waals surface area contributed by atoms with Crippen LogP contribution in [0.25, 0.3) is 0 Å². The summed E-state index contributed by atoms with van der Waals surface area (Å²) < 4.78 is 26.6. The van der Waals surface area contributed by atoms with Crippen LogP contribution in [-0.2, 0) is 21.4 Å². The first-order valence-electron chi connectivity index (χ1n) is 5.03. The average molecular weight is 261 g/mol. The second kappa shape index (κ2) is 5.17. The molecule has 0 spiro atoms. The van der Waals surface area contributed by atoms with Gasteiger partial charge >= 0.3 is 5.97 Å². The Morgan fingerprint density at radius 2 is 2.24 bits per heavy atom. The highest BCUT2D eigenvalue weighted by Gasteiger charge is 2.14. The van der Waals surface area contributed by atoms with Gasteiger partial charge in [-0.05, 0) is 5.92 Å². The van der Waals surface area contributed by atoms with Crippen molar-refractivity contribution in [3.05, 3.63) is 12.4 Å². The summed E-state index contributed by atoms with van der Waals surface area (Å²) in [5.41, 5.74) is 0.270. The van der Waals surface area contributed by atoms with Gasteiger partial charge in [-0.3, -0.25) is 14.2 Å². The number of carbonyl (C=O) groups is 1. The van der Waals surface area contributed by atoms with E-state index in [2.05, 4.69) is 9.82 Å². The normalized spacial score (nSPS) is 11.7. The molecule has 1 rings (SSSR count). The number of hydrogen-bond acceptors (Lipinski definition) is 4. The molecule has 1 aromatic heterocycles. The predicted octanol–water partition coefficient (Wildman–Crippen LogP) is 0.365. The van der Waals surface area contributed by atoms with E-state index in [0.29, 0.717) is 0 Å². The maximum absolute atomic E-state index is 11.6. The minimum Gasteiger partial charge on any atom is -0.480 e. The van der Waals surface area contributed by atoms with E-state index in [4.69, 9.17) is 5.11 Å². The third-order valence-corrected chi connectivity index (χ3v) is 3.41. The topological polar surface area (TPSA) is 101 Å². The smallest absolute Gasteiger partial charge is 0.325 e. The maximum Gasteiger partial charge on any atom is 0.325 e. The van der Waals surface area contributed by atoms with Crippen LogP contribution in [0.5, 0.6) is 0 Å². The Morgan fingerprint density at radius 1 is 1.59 bits per heavy atom. The second-order valence-corrected chi connectivity index (χ2v) is 5.86. The molecule has 0 atom stereocenters. The summed E-state index contributed by atoms with van der Waals surface area (Å²) >= 11 is 0. The van der Waals surface area contributed by atoms with E-state index in [0.717, 1.165) is 4.68 Å². The van der Waals surface area contributed by atoms with E-state index in [-0.39, 0.29) is 23.9 Å². The Bertz CT molecular complexity index is 492. The summed E-state index contributed by atoms with van der Waals surface area (Å²) in [6, 6.07) is 0. The van der Waals surface area contributed by atoms with Crippen molar-refractivity contribution in [2.24, 2.45) is 5.92 Å². The van der Waals surface area contributed by atoms with Crippen molar-refractivity contribution in [2.45, 2.75) is 20.4 Å². The minimum atomic E-state index is -3.40. The fourth-order valence-corrected chi connectivity index (χ4v) is 2.73. The summed E-state index contributed by atoms with van der Waals surface area (Å²) in [6.07, 6.45) is 2.62. The monoisotopic (exact) mass is 261 g/mol. The summed E-state index contributed by atoms with van der Waals surface area (Å²) in [5.74, 6) is -1.01. The molecule has 2 N–H and O–H groups in total. The lowest BCUT2D eigenvalue weighted by Crippen LogP contribution is -2.19. The molecule has 0 aliphatic carbocycles. The molecule has 0 saturated heterocycles. The molecule has 0 amide bonds. The Labute approximate surface area is 99.5 Å². The van der Waals surface area contributed by atoms with Gasteiger partial charge in [0.15, 0.2) is 0 Å². The number of nitrogens with one attached hydrogen (secondary N) is 1. The number of nitrogens with zero attached hydrogens (tertiary/aromatic N) is 2. The standard InChI is InChI=1S/C9H15N3O4S/c1-7(2)6-17(15,16)11-8-3-10-12(4-8)5-9(13)14/h3-4,7,11H,5-6H2,1-2H3,(H,13,14). The summed E-state index contributed by atoms with van der Waals surface area (Å²) in [4.78, 5) is 10.4. The van der Waals surface area contributed by atoms with Gasteiger partial charge in [-0.2, -0.15) is 5.10 Å². The van der Waals surface area contributed by atoms with Gasteiger partial charge in [-0.15, -0.1) is 0 Å². The highest BCUT2D eigenvalue weighted by molar-refractivity contribution is 7.92. The van der Waals surface area contributed by atoms with E-state index < -0.39 is 16.0 Å². The summed E-state index contributed by atoms with van der Waals surface area (Å²) in [7, 11) is -3.40. The molecule has 0 unspecified atom stereocenters. The van der Waals surface area contributed by atoms with Crippen molar-refractivity contribution in [1.29, 1.82) is 0 Å². The van der Waals surface area contributed by atoms with Crippen molar-refractivity contribution in [3.8, 4) is 0 Å². The van der Waals surface area contributed by atoms with Crippen molar-refractivity contribution >= 4 is 21.7 Å². The zero-order valence-corrected chi connectivity index (χ0v) is 10.4. The fraction of sp³-hybridized carbons (Fsp3) is 0.556. The molecule has 0 bridgehead atoms. The van der Waals surface area contributed by atoms with Gasteiger partial charge in [0.2, 0.25) is 10.0 Å². The van der Waals surface area contributed by atoms with Gasteiger partial charge in [0.25, 0.3) is 0 Å². The lowest BCUT2D eigenvalue weighted by atomic mass is 10.3. The van der Waals surface area contributed by atoms with Gasteiger partial charge in [0, 0.05) is 6.20 Å². The quantitative estimate of drug-likeness (QED) is 0.770. The third kappa shape index (κ3) is 4.85. The number of rotatable bonds is 6. The molecule has 0 aromatic carbocycles. The minimum absolute atomic E-state index is 0.0110. The largest absolute Gasteiger partial charge is 0.480 e. The molecule has 7 nitrogen and oxygen atoms in total. The van der Waals surface area contributed by atoms with E-state index in [1.54, 1.807) is 13.8 Å². The molecule has 0 radical (unpaired) electrons. The van der Waals surface area contributed by atoms with E-state index in [1.165, 1.54) is 12.4 Å². The molecule has 17 heavy (non-hydrogen) atoms. The van der Waals surface area contributed by atoms with Crippen LogP contribution in [0.3, 0.4) is 0 Å². The molecule has 8 heteroatoms.